The number of carbonyl (C=O) groups is 2. The Morgan fingerprint density at radius 1 is 0.686 bits per heavy atom. The zero-order chi connectivity index (χ0) is 26.1. The van der Waals surface area contributed by atoms with Crippen LogP contribution in [0.1, 0.15) is 6.42 Å². The molecule has 0 spiro atoms. The summed E-state index contributed by atoms with van der Waals surface area (Å²) >= 11 is 0. The molecule has 10 heteroatoms. The van der Waals surface area contributed by atoms with Crippen molar-refractivity contribution in [2.75, 3.05) is 23.9 Å². The third kappa shape index (κ3) is 9.28. The number of carbonyl (C=O) groups excluding carboxylic acids is 2. The van der Waals surface area contributed by atoms with Crippen molar-refractivity contribution >= 4 is 69.2 Å². The van der Waals surface area contributed by atoms with Gasteiger partial charge in [0.05, 0.1) is 17.6 Å². The summed E-state index contributed by atoms with van der Waals surface area (Å²) in [7, 11) is -1.99. The fourth-order valence-electron chi connectivity index (χ4n) is 4.05. The average molecular weight is 547 g/mol. The second-order valence-electron chi connectivity index (χ2n) is 9.93. The largest absolute Gasteiger partial charge is 0.435 e. The van der Waals surface area contributed by atoms with Gasteiger partial charge in [0.2, 0.25) is 11.8 Å². The molecular weight excluding hydrogens is 505 g/mol. The lowest BCUT2D eigenvalue weighted by Crippen LogP contribution is -2.36. The van der Waals surface area contributed by atoms with Crippen LogP contribution in [0.5, 0.6) is 0 Å². The highest BCUT2D eigenvalue weighted by Gasteiger charge is 2.21. The van der Waals surface area contributed by atoms with Crippen LogP contribution in [0.4, 0.5) is 11.4 Å². The number of amides is 2. The van der Waals surface area contributed by atoms with Gasteiger partial charge in [-0.05, 0) is 49.4 Å². The van der Waals surface area contributed by atoms with E-state index in [1.807, 2.05) is 37.4 Å². The first kappa shape index (κ1) is 29.4. The van der Waals surface area contributed by atoms with E-state index in [9.17, 15) is 19.2 Å². The fraction of sp³-hybridized carbons (Fsp3) is 0.440. The van der Waals surface area contributed by atoms with Crippen molar-refractivity contribution in [3.05, 3.63) is 48.5 Å². The molecule has 4 unspecified atom stereocenters. The van der Waals surface area contributed by atoms with Crippen molar-refractivity contribution in [2.24, 2.45) is 0 Å². The summed E-state index contributed by atoms with van der Waals surface area (Å²) in [6.07, 6.45) is -0.192. The minimum atomic E-state index is -1.55. The molecule has 192 valence electrons. The summed E-state index contributed by atoms with van der Waals surface area (Å²) in [5.41, 5.74) is 1.61. The number of rotatable bonds is 12. The van der Waals surface area contributed by atoms with Gasteiger partial charge in [0.15, 0.2) is 18.1 Å². The van der Waals surface area contributed by atoms with Crippen LogP contribution in [-0.2, 0) is 9.59 Å². The summed E-state index contributed by atoms with van der Waals surface area (Å²) < 4.78 is 0. The van der Waals surface area contributed by atoms with E-state index in [-0.39, 0.29) is 18.2 Å². The quantitative estimate of drug-likeness (QED) is 0.313. The molecule has 2 aromatic carbocycles. The van der Waals surface area contributed by atoms with Gasteiger partial charge >= 0.3 is 0 Å². The Balaban J connectivity index is 2.03. The Labute approximate surface area is 217 Å². The second-order valence-corrected chi connectivity index (χ2v) is 20.6. The first-order chi connectivity index (χ1) is 16.5. The summed E-state index contributed by atoms with van der Waals surface area (Å²) in [6, 6.07) is 20.1. The molecule has 0 saturated carbocycles. The summed E-state index contributed by atoms with van der Waals surface area (Å²) in [5, 5.41) is 2.54. The van der Waals surface area contributed by atoms with Crippen molar-refractivity contribution in [1.82, 2.24) is 0 Å². The predicted molar refractivity (Wildman–Crippen MR) is 159 cm³/mol. The lowest BCUT2D eigenvalue weighted by atomic mass is 10.2. The molecular formula is C25H42N2O4Si4. The minimum Gasteiger partial charge on any atom is -0.435 e. The van der Waals surface area contributed by atoms with E-state index in [2.05, 4.69) is 37.4 Å². The lowest BCUT2D eigenvalue weighted by molar-refractivity contribution is -0.126. The molecule has 35 heavy (non-hydrogen) atoms. The van der Waals surface area contributed by atoms with E-state index in [1.54, 1.807) is 23.9 Å². The number of nitrogens with zero attached hydrogens (tertiary/aromatic N) is 2. The van der Waals surface area contributed by atoms with Crippen LogP contribution in [0.3, 0.4) is 0 Å². The van der Waals surface area contributed by atoms with Crippen LogP contribution >= 0.6 is 0 Å². The number of benzene rings is 2. The maximum Gasteiger partial charge on any atom is 0.236 e. The Morgan fingerprint density at radius 2 is 1.06 bits per heavy atom. The van der Waals surface area contributed by atoms with Gasteiger partial charge in [-0.2, -0.15) is 0 Å². The molecule has 6 nitrogen and oxygen atoms in total. The second kappa shape index (κ2) is 14.0. The first-order valence-electron chi connectivity index (χ1n) is 12.6. The van der Waals surface area contributed by atoms with Crippen LogP contribution in [0, 0.1) is 0 Å². The molecule has 0 radical (unpaired) electrons. The van der Waals surface area contributed by atoms with E-state index >= 15 is 0 Å². The van der Waals surface area contributed by atoms with E-state index in [0.29, 0.717) is 0 Å². The van der Waals surface area contributed by atoms with Crippen LogP contribution in [-0.4, -0.2) is 71.2 Å². The van der Waals surface area contributed by atoms with Crippen molar-refractivity contribution < 1.29 is 19.2 Å². The molecule has 0 heterocycles. The van der Waals surface area contributed by atoms with Crippen LogP contribution in [0.2, 0.25) is 50.4 Å². The van der Waals surface area contributed by atoms with E-state index < -0.39 is 35.7 Å². The van der Waals surface area contributed by atoms with Gasteiger partial charge in [-0.15, -0.1) is 0 Å². The van der Waals surface area contributed by atoms with Crippen molar-refractivity contribution in [1.29, 1.82) is 0 Å². The Bertz CT molecular complexity index is 912. The predicted octanol–water partition coefficient (Wildman–Crippen LogP) is 1.52. The summed E-state index contributed by atoms with van der Waals surface area (Å²) in [5.74, 6) is -0.462. The zero-order valence-corrected chi connectivity index (χ0v) is 26.7. The number of anilines is 2. The average Bonchev–Trinajstić information content (AvgIpc) is 2.84. The third-order valence-corrected chi connectivity index (χ3v) is 15.8. The Kier molecular flexibility index (Phi) is 11.8. The van der Waals surface area contributed by atoms with Gasteiger partial charge < -0.3 is 19.4 Å². The van der Waals surface area contributed by atoms with Crippen LogP contribution in [0.25, 0.3) is 0 Å². The molecule has 2 rings (SSSR count). The zero-order valence-electron chi connectivity index (χ0n) is 22.1. The topological polar surface area (TPSA) is 81.1 Å². The maximum atomic E-state index is 13.0. The number of hydrogen-bond donors (Lipinski definition) is 2. The maximum absolute atomic E-state index is 13.0. The van der Waals surface area contributed by atoms with E-state index in [4.69, 9.17) is 0 Å². The Morgan fingerprint density at radius 3 is 1.40 bits per heavy atom. The standard InChI is InChI=1S/C25H42N2O4Si4/c1-26(20-9-7-11-22(17-20)32(3)13-15-34(5)30)24(28)19-25(29)27(2)21-10-8-12-23(18-21)33(4)14-16-35(6)31/h7-12,17-18,30-35H,13-16,19H2,1-6H3. The smallest absolute Gasteiger partial charge is 0.236 e. The fourth-order valence-corrected chi connectivity index (χ4v) is 14.4. The SMILES string of the molecule is CN(C(=O)CC(=O)N(C)c1cccc([SiH](C)CC[SiH](C)O)c1)c1cccc([SiH](C)CC[SiH](C)O)c1. The summed E-state index contributed by atoms with van der Waals surface area (Å²) in [4.78, 5) is 48.5. The van der Waals surface area contributed by atoms with E-state index in [0.717, 1.165) is 35.6 Å². The van der Waals surface area contributed by atoms with Gasteiger partial charge in [-0.3, -0.25) is 9.59 Å². The van der Waals surface area contributed by atoms with Crippen molar-refractivity contribution in [3.8, 4) is 0 Å². The molecule has 2 amide bonds. The molecule has 0 bridgehead atoms. The lowest BCUT2D eigenvalue weighted by Gasteiger charge is -2.22. The van der Waals surface area contributed by atoms with Crippen molar-refractivity contribution in [3.63, 3.8) is 0 Å². The highest BCUT2D eigenvalue weighted by atomic mass is 28.3. The molecule has 0 aliphatic carbocycles. The van der Waals surface area contributed by atoms with Crippen molar-refractivity contribution in [2.45, 2.75) is 56.8 Å². The van der Waals surface area contributed by atoms with Gasteiger partial charge in [-0.1, -0.05) is 59.8 Å². The Hall–Kier alpha value is -1.83. The first-order valence-corrected chi connectivity index (χ1v) is 22.7. The monoisotopic (exact) mass is 546 g/mol. The molecule has 0 aromatic heterocycles. The number of hydrogen-bond acceptors (Lipinski definition) is 4. The van der Waals surface area contributed by atoms with Gasteiger partial charge in [0.25, 0.3) is 0 Å². The molecule has 0 aliphatic heterocycles. The molecule has 0 saturated heterocycles. The third-order valence-electron chi connectivity index (χ3n) is 6.74. The normalized spacial score (nSPS) is 14.6. The minimum absolute atomic E-state index is 0.192. The molecule has 0 fully saturated rings. The van der Waals surface area contributed by atoms with Gasteiger partial charge in [0.1, 0.15) is 6.42 Å². The van der Waals surface area contributed by atoms with Gasteiger partial charge in [0, 0.05) is 25.5 Å². The van der Waals surface area contributed by atoms with E-state index in [1.165, 1.54) is 10.4 Å². The van der Waals surface area contributed by atoms with Crippen LogP contribution < -0.4 is 20.2 Å². The highest BCUT2D eigenvalue weighted by molar-refractivity contribution is 6.73. The molecule has 0 aliphatic rings. The molecule has 2 aromatic rings. The van der Waals surface area contributed by atoms with Gasteiger partial charge in [-0.25, -0.2) is 0 Å². The highest BCUT2D eigenvalue weighted by Crippen LogP contribution is 2.16. The molecule has 2 N–H and O–H groups in total. The van der Waals surface area contributed by atoms with Crippen LogP contribution in [0.15, 0.2) is 48.5 Å². The summed E-state index contributed by atoms with van der Waals surface area (Å²) in [6.45, 7) is 8.46. The molecule has 4 atom stereocenters.